The van der Waals surface area contributed by atoms with Gasteiger partial charge in [-0.2, -0.15) is 0 Å². The van der Waals surface area contributed by atoms with Crippen molar-refractivity contribution in [3.63, 3.8) is 0 Å². The Morgan fingerprint density at radius 1 is 1.39 bits per heavy atom. The highest BCUT2D eigenvalue weighted by Crippen LogP contribution is 2.28. The normalized spacial score (nSPS) is 14.1. The summed E-state index contributed by atoms with van der Waals surface area (Å²) in [6.07, 6.45) is 0. The first-order valence-electron chi connectivity index (χ1n) is 6.08. The Morgan fingerprint density at radius 3 is 2.61 bits per heavy atom. The van der Waals surface area contributed by atoms with Gasteiger partial charge in [0.1, 0.15) is 11.6 Å². The van der Waals surface area contributed by atoms with Crippen molar-refractivity contribution in [1.82, 2.24) is 9.55 Å². The molecule has 1 aromatic heterocycles. The molecule has 0 N–H and O–H groups in total. The van der Waals surface area contributed by atoms with E-state index in [2.05, 4.69) is 25.8 Å². The van der Waals surface area contributed by atoms with Crippen LogP contribution in [0.4, 0.5) is 4.39 Å². The predicted octanol–water partition coefficient (Wildman–Crippen LogP) is 4.52. The Morgan fingerprint density at radius 2 is 2.06 bits per heavy atom. The first-order valence-corrected chi connectivity index (χ1v) is 6.51. The van der Waals surface area contributed by atoms with E-state index < -0.39 is 0 Å². The first-order chi connectivity index (χ1) is 8.28. The summed E-state index contributed by atoms with van der Waals surface area (Å²) >= 11 is 6.17. The lowest BCUT2D eigenvalue weighted by molar-refractivity contribution is 0.343. The standard InChI is InChI=1S/C14H18ClFN2/c1-9(15)13-17-11-6-5-10(16)7-12(11)18(13)8-14(2,3)4/h5-7,9H,8H2,1-4H3. The number of alkyl halides is 1. The summed E-state index contributed by atoms with van der Waals surface area (Å²) in [6.45, 7) is 9.07. The zero-order valence-corrected chi connectivity index (χ0v) is 11.9. The minimum absolute atomic E-state index is 0.0838. The molecule has 0 aliphatic carbocycles. The van der Waals surface area contributed by atoms with Gasteiger partial charge in [0.15, 0.2) is 0 Å². The maximum atomic E-state index is 13.4. The van der Waals surface area contributed by atoms with Crippen molar-refractivity contribution in [1.29, 1.82) is 0 Å². The lowest BCUT2D eigenvalue weighted by Crippen LogP contribution is -2.17. The Balaban J connectivity index is 2.64. The van der Waals surface area contributed by atoms with Crippen LogP contribution in [0, 0.1) is 11.2 Å². The van der Waals surface area contributed by atoms with Crippen molar-refractivity contribution in [2.45, 2.75) is 39.6 Å². The van der Waals surface area contributed by atoms with Crippen LogP contribution < -0.4 is 0 Å². The lowest BCUT2D eigenvalue weighted by Gasteiger charge is -2.21. The molecule has 1 unspecified atom stereocenters. The number of hydrogen-bond donors (Lipinski definition) is 0. The average Bonchev–Trinajstić information content (AvgIpc) is 2.55. The van der Waals surface area contributed by atoms with E-state index >= 15 is 0 Å². The van der Waals surface area contributed by atoms with Crippen LogP contribution in [-0.2, 0) is 6.54 Å². The number of benzene rings is 1. The second-order valence-corrected chi connectivity index (χ2v) is 6.52. The van der Waals surface area contributed by atoms with Crippen LogP contribution in [0.3, 0.4) is 0 Å². The van der Waals surface area contributed by atoms with E-state index in [0.717, 1.165) is 23.4 Å². The van der Waals surface area contributed by atoms with Gasteiger partial charge in [0, 0.05) is 6.54 Å². The summed E-state index contributed by atoms with van der Waals surface area (Å²) in [6, 6.07) is 4.66. The van der Waals surface area contributed by atoms with Gasteiger partial charge in [-0.3, -0.25) is 0 Å². The number of nitrogens with zero attached hydrogens (tertiary/aromatic N) is 2. The molecule has 1 atom stereocenters. The van der Waals surface area contributed by atoms with Crippen LogP contribution >= 0.6 is 11.6 Å². The summed E-state index contributed by atoms with van der Waals surface area (Å²) < 4.78 is 15.4. The summed E-state index contributed by atoms with van der Waals surface area (Å²) in [5.41, 5.74) is 1.69. The van der Waals surface area contributed by atoms with Gasteiger partial charge in [-0.15, -0.1) is 11.6 Å². The van der Waals surface area contributed by atoms with Crippen molar-refractivity contribution in [2.75, 3.05) is 0 Å². The van der Waals surface area contributed by atoms with Gasteiger partial charge in [-0.1, -0.05) is 20.8 Å². The van der Waals surface area contributed by atoms with Crippen LogP contribution in [0.1, 0.15) is 38.9 Å². The maximum absolute atomic E-state index is 13.4. The van der Waals surface area contributed by atoms with Gasteiger partial charge in [0.25, 0.3) is 0 Å². The van der Waals surface area contributed by atoms with Crippen LogP contribution in [0.15, 0.2) is 18.2 Å². The van der Waals surface area contributed by atoms with Gasteiger partial charge in [-0.05, 0) is 30.5 Å². The molecule has 98 valence electrons. The van der Waals surface area contributed by atoms with E-state index in [0.29, 0.717) is 0 Å². The zero-order valence-electron chi connectivity index (χ0n) is 11.2. The van der Waals surface area contributed by atoms with Gasteiger partial charge in [0.2, 0.25) is 0 Å². The SMILES string of the molecule is CC(Cl)c1nc2ccc(F)cc2n1CC(C)(C)C. The molecule has 0 saturated heterocycles. The third-order valence-corrected chi connectivity index (χ3v) is 2.92. The number of fused-ring (bicyclic) bond motifs is 1. The summed E-state index contributed by atoms with van der Waals surface area (Å²) in [5.74, 6) is 0.554. The molecule has 2 aromatic rings. The fourth-order valence-corrected chi connectivity index (χ4v) is 2.23. The second-order valence-electron chi connectivity index (χ2n) is 5.87. The molecule has 1 aromatic carbocycles. The van der Waals surface area contributed by atoms with Gasteiger partial charge < -0.3 is 4.57 Å². The molecule has 4 heteroatoms. The fourth-order valence-electron chi connectivity index (χ4n) is 2.06. The zero-order chi connectivity index (χ0) is 13.5. The van der Waals surface area contributed by atoms with Gasteiger partial charge in [0.05, 0.1) is 16.4 Å². The van der Waals surface area contributed by atoms with E-state index in [1.165, 1.54) is 12.1 Å². The highest BCUT2D eigenvalue weighted by atomic mass is 35.5. The molecular weight excluding hydrogens is 251 g/mol. The highest BCUT2D eigenvalue weighted by Gasteiger charge is 2.20. The molecular formula is C14H18ClFN2. The van der Waals surface area contributed by atoms with Crippen LogP contribution in [0.25, 0.3) is 11.0 Å². The van der Waals surface area contributed by atoms with Crippen LogP contribution in [-0.4, -0.2) is 9.55 Å². The third kappa shape index (κ3) is 2.66. The molecule has 0 aliphatic rings. The second kappa shape index (κ2) is 4.54. The van der Waals surface area contributed by atoms with E-state index in [4.69, 9.17) is 11.6 Å². The molecule has 18 heavy (non-hydrogen) atoms. The Labute approximate surface area is 112 Å². The quantitative estimate of drug-likeness (QED) is 0.732. The average molecular weight is 269 g/mol. The Kier molecular flexibility index (Phi) is 3.37. The van der Waals surface area contributed by atoms with Crippen molar-refractivity contribution in [2.24, 2.45) is 5.41 Å². The number of rotatable bonds is 2. The molecule has 1 heterocycles. The van der Waals surface area contributed by atoms with E-state index in [1.807, 2.05) is 11.5 Å². The number of halogens is 2. The molecule has 2 nitrogen and oxygen atoms in total. The Hall–Kier alpha value is -1.09. The molecule has 0 amide bonds. The largest absolute Gasteiger partial charge is 0.326 e. The topological polar surface area (TPSA) is 17.8 Å². The monoisotopic (exact) mass is 268 g/mol. The summed E-state index contributed by atoms with van der Waals surface area (Å²) in [4.78, 5) is 4.50. The minimum Gasteiger partial charge on any atom is -0.326 e. The van der Waals surface area contributed by atoms with Crippen molar-refractivity contribution >= 4 is 22.6 Å². The van der Waals surface area contributed by atoms with E-state index in [9.17, 15) is 4.39 Å². The summed E-state index contributed by atoms with van der Waals surface area (Å²) in [7, 11) is 0. The van der Waals surface area contributed by atoms with Gasteiger partial charge in [-0.25, -0.2) is 9.37 Å². The number of imidazole rings is 1. The molecule has 0 aliphatic heterocycles. The van der Waals surface area contributed by atoms with Crippen molar-refractivity contribution in [3.8, 4) is 0 Å². The predicted molar refractivity (Wildman–Crippen MR) is 73.4 cm³/mol. The van der Waals surface area contributed by atoms with Crippen LogP contribution in [0.5, 0.6) is 0 Å². The first kappa shape index (κ1) is 13.3. The maximum Gasteiger partial charge on any atom is 0.127 e. The molecule has 0 fully saturated rings. The Bertz CT molecular complexity index is 567. The van der Waals surface area contributed by atoms with E-state index in [1.54, 1.807) is 6.07 Å². The molecule has 0 radical (unpaired) electrons. The minimum atomic E-state index is -0.244. The van der Waals surface area contributed by atoms with E-state index in [-0.39, 0.29) is 16.6 Å². The molecule has 0 spiro atoms. The van der Waals surface area contributed by atoms with Crippen molar-refractivity contribution in [3.05, 3.63) is 29.8 Å². The summed E-state index contributed by atoms with van der Waals surface area (Å²) in [5, 5.41) is -0.192. The highest BCUT2D eigenvalue weighted by molar-refractivity contribution is 6.20. The fraction of sp³-hybridized carbons (Fsp3) is 0.500. The van der Waals surface area contributed by atoms with Crippen LogP contribution in [0.2, 0.25) is 0 Å². The molecule has 0 bridgehead atoms. The van der Waals surface area contributed by atoms with Crippen molar-refractivity contribution < 1.29 is 4.39 Å². The third-order valence-electron chi connectivity index (χ3n) is 2.73. The molecule has 0 saturated carbocycles. The molecule has 2 rings (SSSR count). The van der Waals surface area contributed by atoms with Gasteiger partial charge >= 0.3 is 0 Å². The number of aromatic nitrogens is 2. The smallest absolute Gasteiger partial charge is 0.127 e. The lowest BCUT2D eigenvalue weighted by atomic mass is 9.96. The number of hydrogen-bond acceptors (Lipinski definition) is 1.